The monoisotopic (exact) mass is 551 g/mol. The van der Waals surface area contributed by atoms with Crippen molar-refractivity contribution in [3.8, 4) is 11.5 Å². The fourth-order valence-electron chi connectivity index (χ4n) is 4.60. The van der Waals surface area contributed by atoms with Crippen molar-refractivity contribution in [2.24, 2.45) is 0 Å². The highest BCUT2D eigenvalue weighted by atomic mass is 16.5. The highest BCUT2D eigenvalue weighted by molar-refractivity contribution is 5.69. The van der Waals surface area contributed by atoms with Gasteiger partial charge in [-0.05, 0) is 64.9 Å². The molecule has 0 saturated carbocycles. The van der Waals surface area contributed by atoms with Crippen LogP contribution in [0.2, 0.25) is 0 Å². The Morgan fingerprint density at radius 1 is 0.659 bits per heavy atom. The Morgan fingerprint density at radius 2 is 1.27 bits per heavy atom. The summed E-state index contributed by atoms with van der Waals surface area (Å²) in [6.45, 7) is 5.26. The van der Waals surface area contributed by atoms with Gasteiger partial charge >= 0.3 is 5.97 Å². The van der Waals surface area contributed by atoms with Crippen molar-refractivity contribution in [3.63, 3.8) is 0 Å². The van der Waals surface area contributed by atoms with E-state index in [1.54, 1.807) is 0 Å². The first-order valence-corrected chi connectivity index (χ1v) is 14.5. The molecule has 0 aromatic heterocycles. The van der Waals surface area contributed by atoms with E-state index in [4.69, 9.17) is 14.2 Å². The topological polar surface area (TPSA) is 48.0 Å². The average Bonchev–Trinajstić information content (AvgIpc) is 3.02. The van der Waals surface area contributed by atoms with Crippen LogP contribution in [0.15, 0.2) is 103 Å². The van der Waals surface area contributed by atoms with Gasteiger partial charge in [0.25, 0.3) is 0 Å². The molecule has 0 saturated heterocycles. The summed E-state index contributed by atoms with van der Waals surface area (Å²) in [5.41, 5.74) is 5.95. The molecule has 5 nitrogen and oxygen atoms in total. The first kappa shape index (κ1) is 29.9. The van der Waals surface area contributed by atoms with E-state index in [-0.39, 0.29) is 5.97 Å². The van der Waals surface area contributed by atoms with E-state index in [9.17, 15) is 4.79 Å². The van der Waals surface area contributed by atoms with Gasteiger partial charge < -0.3 is 14.2 Å². The lowest BCUT2D eigenvalue weighted by Gasteiger charge is -2.22. The second kappa shape index (κ2) is 16.2. The molecule has 0 aliphatic rings. The van der Waals surface area contributed by atoms with Crippen LogP contribution in [0.3, 0.4) is 0 Å². The normalized spacial score (nSPS) is 10.9. The van der Waals surface area contributed by atoms with Gasteiger partial charge in [-0.15, -0.1) is 0 Å². The van der Waals surface area contributed by atoms with Gasteiger partial charge in [0.15, 0.2) is 0 Å². The number of carbonyl (C=O) groups is 1. The molecule has 4 aromatic carbocycles. The average molecular weight is 552 g/mol. The third kappa shape index (κ3) is 10.4. The summed E-state index contributed by atoms with van der Waals surface area (Å²) >= 11 is 0. The van der Waals surface area contributed by atoms with Crippen LogP contribution < -0.4 is 9.47 Å². The molecular formula is C36H41NO4. The van der Waals surface area contributed by atoms with Gasteiger partial charge in [0.2, 0.25) is 0 Å². The smallest absolute Gasteiger partial charge is 0.306 e. The Hall–Kier alpha value is -4.09. The Bertz CT molecular complexity index is 1320. The molecule has 4 rings (SSSR count). The van der Waals surface area contributed by atoms with Crippen molar-refractivity contribution in [3.05, 3.63) is 131 Å². The third-order valence-corrected chi connectivity index (χ3v) is 6.99. The van der Waals surface area contributed by atoms with Crippen molar-refractivity contribution in [2.45, 2.75) is 58.9 Å². The molecule has 4 aromatic rings. The number of carbonyl (C=O) groups excluding carboxylic acids is 1. The van der Waals surface area contributed by atoms with Crippen LogP contribution in [0.4, 0.5) is 0 Å². The van der Waals surface area contributed by atoms with Crippen molar-refractivity contribution >= 4 is 5.97 Å². The second-order valence-electron chi connectivity index (χ2n) is 10.3. The zero-order valence-electron chi connectivity index (χ0n) is 24.3. The van der Waals surface area contributed by atoms with Crippen LogP contribution in [0, 0.1) is 0 Å². The van der Waals surface area contributed by atoms with Gasteiger partial charge in [0.05, 0.1) is 13.5 Å². The van der Waals surface area contributed by atoms with Crippen LogP contribution in [0.5, 0.6) is 11.5 Å². The summed E-state index contributed by atoms with van der Waals surface area (Å²) in [5, 5.41) is 0. The number of unbranched alkanes of at least 4 members (excludes halogenated alkanes) is 1. The van der Waals surface area contributed by atoms with Crippen LogP contribution in [-0.4, -0.2) is 24.5 Å². The van der Waals surface area contributed by atoms with E-state index >= 15 is 0 Å². The Morgan fingerprint density at radius 3 is 1.98 bits per heavy atom. The van der Waals surface area contributed by atoms with Gasteiger partial charge in [0, 0.05) is 19.6 Å². The molecule has 0 radical (unpaired) electrons. The van der Waals surface area contributed by atoms with E-state index in [2.05, 4.69) is 72.5 Å². The number of esters is 1. The fraction of sp³-hybridized carbons (Fsp3) is 0.306. The number of hydrogen-bond acceptors (Lipinski definition) is 5. The number of hydrogen-bond donors (Lipinski definition) is 0. The molecule has 0 bridgehead atoms. The maximum absolute atomic E-state index is 11.9. The molecule has 41 heavy (non-hydrogen) atoms. The molecule has 0 aliphatic carbocycles. The van der Waals surface area contributed by atoms with E-state index < -0.39 is 0 Å². The van der Waals surface area contributed by atoms with Crippen LogP contribution in [-0.2, 0) is 42.3 Å². The third-order valence-electron chi connectivity index (χ3n) is 6.99. The number of rotatable bonds is 16. The van der Waals surface area contributed by atoms with Crippen molar-refractivity contribution in [2.75, 3.05) is 13.7 Å². The highest BCUT2D eigenvalue weighted by Gasteiger charge is 2.12. The first-order valence-electron chi connectivity index (χ1n) is 14.5. The molecule has 0 atom stereocenters. The predicted molar refractivity (Wildman–Crippen MR) is 164 cm³/mol. The molecular weight excluding hydrogens is 510 g/mol. The molecule has 0 aliphatic heterocycles. The second-order valence-corrected chi connectivity index (χ2v) is 10.3. The van der Waals surface area contributed by atoms with Crippen LogP contribution in [0.25, 0.3) is 0 Å². The van der Waals surface area contributed by atoms with Gasteiger partial charge in [0.1, 0.15) is 24.7 Å². The number of benzene rings is 4. The Labute approximate surface area is 244 Å². The SMILES string of the molecule is CCCCc1ccc(COc2ccc(CN(CCC(=O)OC)Cc3cccc(OCc4ccccc4)c3)cc2)cc1. The summed E-state index contributed by atoms with van der Waals surface area (Å²) in [4.78, 5) is 14.2. The number of aryl methyl sites for hydroxylation is 1. The minimum Gasteiger partial charge on any atom is -0.489 e. The quantitative estimate of drug-likeness (QED) is 0.133. The summed E-state index contributed by atoms with van der Waals surface area (Å²) in [7, 11) is 1.43. The van der Waals surface area contributed by atoms with E-state index in [1.165, 1.54) is 31.1 Å². The molecule has 0 unspecified atom stereocenters. The number of ether oxygens (including phenoxy) is 3. The van der Waals surface area contributed by atoms with Crippen LogP contribution >= 0.6 is 0 Å². The number of nitrogens with zero attached hydrogens (tertiary/aromatic N) is 1. The van der Waals surface area contributed by atoms with Gasteiger partial charge in [-0.25, -0.2) is 0 Å². The van der Waals surface area contributed by atoms with Gasteiger partial charge in [-0.1, -0.05) is 92.2 Å². The first-order chi connectivity index (χ1) is 20.1. The molecule has 0 amide bonds. The lowest BCUT2D eigenvalue weighted by molar-refractivity contribution is -0.141. The molecule has 0 heterocycles. The van der Waals surface area contributed by atoms with Gasteiger partial charge in [-0.3, -0.25) is 9.69 Å². The minimum atomic E-state index is -0.211. The zero-order valence-corrected chi connectivity index (χ0v) is 24.3. The van der Waals surface area contributed by atoms with E-state index in [0.29, 0.717) is 39.3 Å². The molecule has 0 spiro atoms. The maximum atomic E-state index is 11.9. The zero-order chi connectivity index (χ0) is 28.7. The van der Waals surface area contributed by atoms with Crippen molar-refractivity contribution < 1.29 is 19.0 Å². The van der Waals surface area contributed by atoms with Crippen molar-refractivity contribution in [1.82, 2.24) is 4.90 Å². The van der Waals surface area contributed by atoms with E-state index in [1.807, 2.05) is 42.5 Å². The standard InChI is InChI=1S/C36H41NO4/c1-3-4-9-29-14-16-32(17-15-29)28-40-34-20-18-30(19-21-34)25-37(23-22-36(38)39-2)26-33-12-8-13-35(24-33)41-27-31-10-6-5-7-11-31/h5-8,10-21,24H,3-4,9,22-23,25-28H2,1-2H3. The van der Waals surface area contributed by atoms with Gasteiger partial charge in [-0.2, -0.15) is 0 Å². The lowest BCUT2D eigenvalue weighted by Crippen LogP contribution is -2.26. The largest absolute Gasteiger partial charge is 0.489 e. The summed E-state index contributed by atoms with van der Waals surface area (Å²) in [6, 6.07) is 35.2. The van der Waals surface area contributed by atoms with E-state index in [0.717, 1.165) is 34.6 Å². The minimum absolute atomic E-state index is 0.211. The molecule has 5 heteroatoms. The summed E-state index contributed by atoms with van der Waals surface area (Å²) in [5.74, 6) is 1.46. The Balaban J connectivity index is 1.33. The fourth-order valence-corrected chi connectivity index (χ4v) is 4.60. The predicted octanol–water partition coefficient (Wildman–Crippen LogP) is 7.75. The lowest BCUT2D eigenvalue weighted by atomic mass is 10.1. The Kier molecular flexibility index (Phi) is 11.8. The number of methoxy groups -OCH3 is 1. The van der Waals surface area contributed by atoms with Crippen molar-refractivity contribution in [1.29, 1.82) is 0 Å². The molecule has 0 N–H and O–H groups in total. The van der Waals surface area contributed by atoms with Crippen LogP contribution in [0.1, 0.15) is 54.0 Å². The molecule has 214 valence electrons. The summed E-state index contributed by atoms with van der Waals surface area (Å²) < 4.78 is 17.0. The maximum Gasteiger partial charge on any atom is 0.306 e. The summed E-state index contributed by atoms with van der Waals surface area (Å²) in [6.07, 6.45) is 3.89. The highest BCUT2D eigenvalue weighted by Crippen LogP contribution is 2.20. The molecule has 0 fully saturated rings.